The number of aromatic nitrogens is 1. The van der Waals surface area contributed by atoms with Crippen molar-refractivity contribution in [3.8, 4) is 0 Å². The van der Waals surface area contributed by atoms with Gasteiger partial charge in [0.05, 0.1) is 11.0 Å². The molecular formula is C11H13N3O5. The number of β-amino-alcohol motifs (C(OH)–C–C–N with tert-alkyl or cyclic N) is 1. The van der Waals surface area contributed by atoms with E-state index in [-0.39, 0.29) is 0 Å². The number of pyridine rings is 1. The average Bonchev–Trinajstić information content (AvgIpc) is 2.37. The number of rotatable bonds is 3. The molecule has 8 heteroatoms. The molecule has 2 heterocycles. The number of carbonyl (C=O) groups is 1. The number of carboxylic acids is 1. The first kappa shape index (κ1) is 13.2. The van der Waals surface area contributed by atoms with Crippen LogP contribution in [0.5, 0.6) is 0 Å². The summed E-state index contributed by atoms with van der Waals surface area (Å²) in [5.74, 6) is -1.03. The molecule has 8 nitrogen and oxygen atoms in total. The quantitative estimate of drug-likeness (QED) is 0.609. The van der Waals surface area contributed by atoms with Gasteiger partial charge in [-0.25, -0.2) is 9.78 Å². The lowest BCUT2D eigenvalue weighted by Gasteiger charge is -2.30. The molecule has 1 atom stereocenters. The van der Waals surface area contributed by atoms with E-state index in [1.54, 1.807) is 4.90 Å². The first-order valence-corrected chi connectivity index (χ1v) is 5.80. The Hall–Kier alpha value is -2.22. The van der Waals surface area contributed by atoms with Gasteiger partial charge in [-0.2, -0.15) is 0 Å². The summed E-state index contributed by atoms with van der Waals surface area (Å²) in [5.41, 5.74) is -0.927. The monoisotopic (exact) mass is 267 g/mol. The Morgan fingerprint density at radius 3 is 2.89 bits per heavy atom. The lowest BCUT2D eigenvalue weighted by molar-refractivity contribution is -0.385. The Kier molecular flexibility index (Phi) is 3.61. The van der Waals surface area contributed by atoms with Crippen LogP contribution in [0.4, 0.5) is 11.5 Å². The van der Waals surface area contributed by atoms with Gasteiger partial charge < -0.3 is 15.1 Å². The molecule has 0 saturated carbocycles. The molecule has 0 bridgehead atoms. The van der Waals surface area contributed by atoms with Crippen LogP contribution in [0.25, 0.3) is 0 Å². The summed E-state index contributed by atoms with van der Waals surface area (Å²) in [4.78, 5) is 26.6. The smallest absolute Gasteiger partial charge is 0.342 e. The maximum absolute atomic E-state index is 11.0. The summed E-state index contributed by atoms with van der Waals surface area (Å²) in [5, 5.41) is 29.3. The standard InChI is InChI=1S/C11H13N3O5/c15-7-2-1-3-13(6-7)10-4-8(11(16)17)9(5-12-10)14(18)19/h4-5,7,15H,1-3,6H2,(H,16,17). The van der Waals surface area contributed by atoms with Crippen molar-refractivity contribution in [1.82, 2.24) is 4.98 Å². The summed E-state index contributed by atoms with van der Waals surface area (Å²) >= 11 is 0. The van der Waals surface area contributed by atoms with Gasteiger partial charge in [0.2, 0.25) is 0 Å². The molecule has 1 aromatic heterocycles. The van der Waals surface area contributed by atoms with Crippen LogP contribution in [-0.2, 0) is 0 Å². The molecule has 1 unspecified atom stereocenters. The highest BCUT2D eigenvalue weighted by Gasteiger charge is 2.25. The van der Waals surface area contributed by atoms with E-state index in [4.69, 9.17) is 5.11 Å². The Morgan fingerprint density at radius 1 is 1.58 bits per heavy atom. The number of carboxylic acid groups (broad SMARTS) is 1. The zero-order chi connectivity index (χ0) is 14.0. The predicted molar refractivity (Wildman–Crippen MR) is 65.3 cm³/mol. The second-order valence-electron chi connectivity index (χ2n) is 4.36. The minimum absolute atomic E-state index is 0.335. The van der Waals surface area contributed by atoms with Crippen LogP contribution >= 0.6 is 0 Å². The lowest BCUT2D eigenvalue weighted by Crippen LogP contribution is -2.38. The van der Waals surface area contributed by atoms with Crippen molar-refractivity contribution in [3.63, 3.8) is 0 Å². The molecule has 19 heavy (non-hydrogen) atoms. The third-order valence-electron chi connectivity index (χ3n) is 3.02. The van der Waals surface area contributed by atoms with E-state index in [1.165, 1.54) is 6.07 Å². The maximum atomic E-state index is 11.0. The SMILES string of the molecule is O=C(O)c1cc(N2CCCC(O)C2)ncc1[N+](=O)[O-]. The van der Waals surface area contributed by atoms with Crippen LogP contribution in [0.15, 0.2) is 12.3 Å². The molecule has 2 N–H and O–H groups in total. The van der Waals surface area contributed by atoms with Crippen LogP contribution in [0.1, 0.15) is 23.2 Å². The van der Waals surface area contributed by atoms with E-state index in [0.29, 0.717) is 25.3 Å². The van der Waals surface area contributed by atoms with E-state index in [0.717, 1.165) is 12.6 Å². The summed E-state index contributed by atoms with van der Waals surface area (Å²) < 4.78 is 0. The van der Waals surface area contributed by atoms with E-state index < -0.39 is 28.2 Å². The number of hydrogen-bond donors (Lipinski definition) is 2. The molecule has 102 valence electrons. The molecule has 1 fully saturated rings. The van der Waals surface area contributed by atoms with Crippen LogP contribution in [0.2, 0.25) is 0 Å². The first-order valence-electron chi connectivity index (χ1n) is 5.80. The highest BCUT2D eigenvalue weighted by molar-refractivity contribution is 5.93. The van der Waals surface area contributed by atoms with Gasteiger partial charge in [-0.05, 0) is 12.8 Å². The first-order chi connectivity index (χ1) is 8.99. The molecule has 0 radical (unpaired) electrons. The van der Waals surface area contributed by atoms with Crippen molar-refractivity contribution in [1.29, 1.82) is 0 Å². The van der Waals surface area contributed by atoms with Crippen LogP contribution in [0.3, 0.4) is 0 Å². The highest BCUT2D eigenvalue weighted by atomic mass is 16.6. The predicted octanol–water partition coefficient (Wildman–Crippen LogP) is 0.649. The van der Waals surface area contributed by atoms with Gasteiger partial charge >= 0.3 is 11.7 Å². The largest absolute Gasteiger partial charge is 0.477 e. The topological polar surface area (TPSA) is 117 Å². The van der Waals surface area contributed by atoms with E-state index >= 15 is 0 Å². The van der Waals surface area contributed by atoms with Gasteiger partial charge in [0.15, 0.2) is 0 Å². The summed E-state index contributed by atoms with van der Waals surface area (Å²) in [6.45, 7) is 0.991. The van der Waals surface area contributed by atoms with Gasteiger partial charge in [-0.3, -0.25) is 10.1 Å². The maximum Gasteiger partial charge on any atom is 0.342 e. The molecule has 0 spiro atoms. The van der Waals surface area contributed by atoms with Gasteiger partial charge in [-0.15, -0.1) is 0 Å². The van der Waals surface area contributed by atoms with Gasteiger partial charge in [0, 0.05) is 19.2 Å². The second kappa shape index (κ2) is 5.19. The van der Waals surface area contributed by atoms with Gasteiger partial charge in [0.25, 0.3) is 0 Å². The fourth-order valence-corrected chi connectivity index (χ4v) is 2.09. The Bertz CT molecular complexity index is 519. The normalized spacial score (nSPS) is 19.2. The number of aliphatic hydroxyl groups is 1. The molecule has 1 saturated heterocycles. The highest BCUT2D eigenvalue weighted by Crippen LogP contribution is 2.24. The molecular weight excluding hydrogens is 254 g/mol. The lowest BCUT2D eigenvalue weighted by atomic mass is 10.1. The fourth-order valence-electron chi connectivity index (χ4n) is 2.09. The van der Waals surface area contributed by atoms with Crippen molar-refractivity contribution < 1.29 is 19.9 Å². The molecule has 0 aromatic carbocycles. The Labute approximate surface area is 108 Å². The van der Waals surface area contributed by atoms with Crippen LogP contribution in [0, 0.1) is 10.1 Å². The van der Waals surface area contributed by atoms with Crippen molar-refractivity contribution in [3.05, 3.63) is 27.9 Å². The summed E-state index contributed by atoms with van der Waals surface area (Å²) in [6.07, 6.45) is 1.91. The number of hydrogen-bond acceptors (Lipinski definition) is 6. The zero-order valence-corrected chi connectivity index (χ0v) is 10.0. The third-order valence-corrected chi connectivity index (χ3v) is 3.02. The average molecular weight is 267 g/mol. The fraction of sp³-hybridized carbons (Fsp3) is 0.455. The van der Waals surface area contributed by atoms with E-state index in [2.05, 4.69) is 4.98 Å². The number of nitro groups is 1. The van der Waals surface area contributed by atoms with Crippen molar-refractivity contribution in [2.75, 3.05) is 18.0 Å². The van der Waals surface area contributed by atoms with Gasteiger partial charge in [-0.1, -0.05) is 0 Å². The number of aromatic carboxylic acids is 1. The summed E-state index contributed by atoms with van der Waals surface area (Å²) in [7, 11) is 0. The number of nitrogens with zero attached hydrogens (tertiary/aromatic N) is 3. The molecule has 1 aliphatic heterocycles. The number of anilines is 1. The zero-order valence-electron chi connectivity index (χ0n) is 10.0. The molecule has 0 aliphatic carbocycles. The van der Waals surface area contributed by atoms with Crippen LogP contribution < -0.4 is 4.90 Å². The molecule has 1 aromatic rings. The molecule has 1 aliphatic rings. The van der Waals surface area contributed by atoms with Crippen molar-refractivity contribution in [2.24, 2.45) is 0 Å². The van der Waals surface area contributed by atoms with Crippen molar-refractivity contribution in [2.45, 2.75) is 18.9 Å². The number of aliphatic hydroxyl groups excluding tert-OH is 1. The minimum atomic E-state index is -1.37. The number of piperidine rings is 1. The second-order valence-corrected chi connectivity index (χ2v) is 4.36. The third kappa shape index (κ3) is 2.79. The molecule has 0 amide bonds. The summed E-state index contributed by atoms with van der Waals surface area (Å²) in [6, 6.07) is 1.18. The van der Waals surface area contributed by atoms with E-state index in [1.807, 2.05) is 0 Å². The van der Waals surface area contributed by atoms with Crippen molar-refractivity contribution >= 4 is 17.5 Å². The Balaban J connectivity index is 2.35. The van der Waals surface area contributed by atoms with E-state index in [9.17, 15) is 20.0 Å². The minimum Gasteiger partial charge on any atom is -0.477 e. The Morgan fingerprint density at radius 2 is 2.32 bits per heavy atom. The van der Waals surface area contributed by atoms with Crippen LogP contribution in [-0.4, -0.2) is 45.3 Å². The molecule has 2 rings (SSSR count). The van der Waals surface area contributed by atoms with Gasteiger partial charge in [0.1, 0.15) is 17.6 Å².